The summed E-state index contributed by atoms with van der Waals surface area (Å²) in [5, 5.41) is 5.05. The SMILES string of the molecule is Cc1csc2c(N3CCC(NC(=O)OC(C)(C)C)C3)ncnc12. The highest BCUT2D eigenvalue weighted by molar-refractivity contribution is 7.18. The van der Waals surface area contributed by atoms with E-state index in [-0.39, 0.29) is 12.1 Å². The Labute approximate surface area is 139 Å². The molecule has 0 aliphatic carbocycles. The summed E-state index contributed by atoms with van der Waals surface area (Å²) < 4.78 is 6.44. The number of carbonyl (C=O) groups excluding carboxylic acids is 1. The van der Waals surface area contributed by atoms with Crippen LogP contribution in [-0.4, -0.2) is 40.8 Å². The van der Waals surface area contributed by atoms with E-state index in [4.69, 9.17) is 4.74 Å². The Hall–Kier alpha value is -1.89. The van der Waals surface area contributed by atoms with Gasteiger partial charge in [-0.05, 0) is 45.1 Å². The number of alkyl carbamates (subject to hydrolysis) is 1. The van der Waals surface area contributed by atoms with Crippen molar-refractivity contribution in [3.8, 4) is 0 Å². The van der Waals surface area contributed by atoms with E-state index in [0.29, 0.717) is 0 Å². The number of hydrogen-bond acceptors (Lipinski definition) is 6. The van der Waals surface area contributed by atoms with Crippen molar-refractivity contribution in [3.05, 3.63) is 17.3 Å². The fraction of sp³-hybridized carbons (Fsp3) is 0.562. The second-order valence-electron chi connectivity index (χ2n) is 6.87. The van der Waals surface area contributed by atoms with Gasteiger partial charge in [-0.15, -0.1) is 11.3 Å². The van der Waals surface area contributed by atoms with Gasteiger partial charge in [0.05, 0.1) is 16.3 Å². The monoisotopic (exact) mass is 334 g/mol. The number of aromatic nitrogens is 2. The normalized spacial score (nSPS) is 18.4. The Bertz CT molecular complexity index is 722. The molecule has 0 spiro atoms. The number of thiophene rings is 1. The molecule has 0 saturated carbocycles. The average Bonchev–Trinajstić information content (AvgIpc) is 3.04. The molecule has 1 unspecified atom stereocenters. The number of fused-ring (bicyclic) bond motifs is 1. The highest BCUT2D eigenvalue weighted by atomic mass is 32.1. The van der Waals surface area contributed by atoms with E-state index in [1.807, 2.05) is 20.8 Å². The van der Waals surface area contributed by atoms with Gasteiger partial charge in [-0.2, -0.15) is 0 Å². The number of ether oxygens (including phenoxy) is 1. The molecule has 1 amide bonds. The first-order valence-corrected chi connectivity index (χ1v) is 8.65. The standard InChI is InChI=1S/C16H22N4O2S/c1-10-8-23-13-12(10)17-9-18-14(13)20-6-5-11(7-20)19-15(21)22-16(2,3)4/h8-9,11H,5-7H2,1-4H3,(H,19,21). The first-order valence-electron chi connectivity index (χ1n) is 7.77. The van der Waals surface area contributed by atoms with E-state index < -0.39 is 5.60 Å². The van der Waals surface area contributed by atoms with E-state index in [1.54, 1.807) is 17.7 Å². The Morgan fingerprint density at radius 3 is 2.96 bits per heavy atom. The van der Waals surface area contributed by atoms with Crippen molar-refractivity contribution in [1.29, 1.82) is 0 Å². The van der Waals surface area contributed by atoms with Crippen LogP contribution in [0.3, 0.4) is 0 Å². The molecule has 1 N–H and O–H groups in total. The minimum Gasteiger partial charge on any atom is -0.444 e. The van der Waals surface area contributed by atoms with Crippen LogP contribution in [0.2, 0.25) is 0 Å². The molecular formula is C16H22N4O2S. The Balaban J connectivity index is 1.69. The maximum absolute atomic E-state index is 11.9. The van der Waals surface area contributed by atoms with Gasteiger partial charge in [0.1, 0.15) is 17.7 Å². The summed E-state index contributed by atoms with van der Waals surface area (Å²) in [5.41, 5.74) is 1.72. The van der Waals surface area contributed by atoms with Crippen LogP contribution in [0.5, 0.6) is 0 Å². The van der Waals surface area contributed by atoms with Crippen molar-refractivity contribution < 1.29 is 9.53 Å². The van der Waals surface area contributed by atoms with Crippen LogP contribution >= 0.6 is 11.3 Å². The quantitative estimate of drug-likeness (QED) is 0.914. The summed E-state index contributed by atoms with van der Waals surface area (Å²) in [7, 11) is 0. The maximum atomic E-state index is 11.9. The molecule has 23 heavy (non-hydrogen) atoms. The van der Waals surface area contributed by atoms with Gasteiger partial charge >= 0.3 is 6.09 Å². The van der Waals surface area contributed by atoms with Crippen molar-refractivity contribution in [2.45, 2.75) is 45.8 Å². The van der Waals surface area contributed by atoms with Crippen LogP contribution in [0.1, 0.15) is 32.8 Å². The molecule has 0 radical (unpaired) electrons. The van der Waals surface area contributed by atoms with Crippen LogP contribution in [0.15, 0.2) is 11.7 Å². The van der Waals surface area contributed by atoms with Crippen LogP contribution in [-0.2, 0) is 4.74 Å². The van der Waals surface area contributed by atoms with Crippen molar-refractivity contribution in [3.63, 3.8) is 0 Å². The first kappa shape index (κ1) is 16.0. The number of carbonyl (C=O) groups is 1. The Kier molecular flexibility index (Phi) is 4.14. The second-order valence-corrected chi connectivity index (χ2v) is 7.75. The molecule has 2 aromatic rings. The van der Waals surface area contributed by atoms with Gasteiger partial charge in [-0.3, -0.25) is 0 Å². The lowest BCUT2D eigenvalue weighted by Crippen LogP contribution is -2.40. The lowest BCUT2D eigenvalue weighted by Gasteiger charge is -2.22. The largest absolute Gasteiger partial charge is 0.444 e. The topological polar surface area (TPSA) is 67.4 Å². The zero-order valence-electron chi connectivity index (χ0n) is 13.9. The average molecular weight is 334 g/mol. The Morgan fingerprint density at radius 1 is 1.43 bits per heavy atom. The van der Waals surface area contributed by atoms with E-state index >= 15 is 0 Å². The van der Waals surface area contributed by atoms with E-state index in [9.17, 15) is 4.79 Å². The maximum Gasteiger partial charge on any atom is 0.407 e. The fourth-order valence-corrected chi connectivity index (χ4v) is 3.75. The summed E-state index contributed by atoms with van der Waals surface area (Å²) in [6, 6.07) is 0.0796. The minimum absolute atomic E-state index is 0.0796. The fourth-order valence-electron chi connectivity index (χ4n) is 2.73. The van der Waals surface area contributed by atoms with Gasteiger partial charge in [0.15, 0.2) is 0 Å². The molecule has 6 nitrogen and oxygen atoms in total. The van der Waals surface area contributed by atoms with Gasteiger partial charge in [0, 0.05) is 13.1 Å². The summed E-state index contributed by atoms with van der Waals surface area (Å²) in [4.78, 5) is 22.9. The number of aryl methyl sites for hydroxylation is 1. The van der Waals surface area contributed by atoms with Gasteiger partial charge in [0.25, 0.3) is 0 Å². The number of rotatable bonds is 2. The first-order chi connectivity index (χ1) is 10.8. The predicted octanol–water partition coefficient (Wildman–Crippen LogP) is 3.10. The molecule has 1 fully saturated rings. The predicted molar refractivity (Wildman–Crippen MR) is 92.1 cm³/mol. The Morgan fingerprint density at radius 2 is 2.22 bits per heavy atom. The lowest BCUT2D eigenvalue weighted by atomic mass is 10.2. The van der Waals surface area contributed by atoms with Gasteiger partial charge in [0.2, 0.25) is 0 Å². The third-order valence-electron chi connectivity index (χ3n) is 3.72. The van der Waals surface area contributed by atoms with Gasteiger partial charge < -0.3 is 15.0 Å². The number of anilines is 1. The van der Waals surface area contributed by atoms with Gasteiger partial charge in [-0.25, -0.2) is 14.8 Å². The molecule has 1 aliphatic rings. The highest BCUT2D eigenvalue weighted by Gasteiger charge is 2.28. The molecule has 124 valence electrons. The van der Waals surface area contributed by atoms with Crippen LogP contribution in [0.25, 0.3) is 10.2 Å². The molecule has 0 bridgehead atoms. The molecule has 0 aromatic carbocycles. The van der Waals surface area contributed by atoms with Crippen LogP contribution in [0, 0.1) is 6.92 Å². The van der Waals surface area contributed by atoms with E-state index in [0.717, 1.165) is 35.5 Å². The van der Waals surface area contributed by atoms with Crippen molar-refractivity contribution in [2.75, 3.05) is 18.0 Å². The van der Waals surface area contributed by atoms with Gasteiger partial charge in [-0.1, -0.05) is 0 Å². The smallest absolute Gasteiger partial charge is 0.407 e. The molecule has 7 heteroatoms. The molecule has 2 aromatic heterocycles. The van der Waals surface area contributed by atoms with Crippen molar-refractivity contribution >= 4 is 33.5 Å². The summed E-state index contributed by atoms with van der Waals surface area (Å²) >= 11 is 1.67. The molecule has 3 heterocycles. The molecule has 1 saturated heterocycles. The van der Waals surface area contributed by atoms with Crippen LogP contribution < -0.4 is 10.2 Å². The highest BCUT2D eigenvalue weighted by Crippen LogP contribution is 2.32. The summed E-state index contributed by atoms with van der Waals surface area (Å²) in [5.74, 6) is 0.960. The second kappa shape index (κ2) is 5.96. The zero-order valence-corrected chi connectivity index (χ0v) is 14.7. The summed E-state index contributed by atoms with van der Waals surface area (Å²) in [6.45, 7) is 9.26. The summed E-state index contributed by atoms with van der Waals surface area (Å²) in [6.07, 6.45) is 2.14. The number of nitrogens with one attached hydrogen (secondary N) is 1. The van der Waals surface area contributed by atoms with Crippen LogP contribution in [0.4, 0.5) is 10.6 Å². The molecule has 3 rings (SSSR count). The molecular weight excluding hydrogens is 312 g/mol. The van der Waals surface area contributed by atoms with E-state index in [1.165, 1.54) is 5.56 Å². The van der Waals surface area contributed by atoms with Crippen molar-refractivity contribution in [2.24, 2.45) is 0 Å². The number of hydrogen-bond donors (Lipinski definition) is 1. The lowest BCUT2D eigenvalue weighted by molar-refractivity contribution is 0.0509. The molecule has 1 atom stereocenters. The van der Waals surface area contributed by atoms with E-state index in [2.05, 4.69) is 32.5 Å². The third-order valence-corrected chi connectivity index (χ3v) is 4.80. The number of nitrogens with zero attached hydrogens (tertiary/aromatic N) is 3. The van der Waals surface area contributed by atoms with Crippen molar-refractivity contribution in [1.82, 2.24) is 15.3 Å². The molecule has 1 aliphatic heterocycles. The number of amides is 1. The third kappa shape index (κ3) is 3.55. The zero-order chi connectivity index (χ0) is 16.6. The minimum atomic E-state index is -0.476.